The van der Waals surface area contributed by atoms with Crippen molar-refractivity contribution in [3.8, 4) is 0 Å². The Balaban J connectivity index is 2.18. The first kappa shape index (κ1) is 17.4. The van der Waals surface area contributed by atoms with Gasteiger partial charge in [0, 0.05) is 12.6 Å². The molecule has 2 rings (SSSR count). The number of hydrazone groups is 1. The third kappa shape index (κ3) is 5.32. The van der Waals surface area contributed by atoms with Gasteiger partial charge < -0.3 is 10.1 Å². The van der Waals surface area contributed by atoms with Crippen molar-refractivity contribution in [2.75, 3.05) is 19.7 Å². The Hall–Kier alpha value is -1.95. The second-order valence-corrected chi connectivity index (χ2v) is 5.72. The van der Waals surface area contributed by atoms with Crippen LogP contribution in [0.4, 0.5) is 4.79 Å². The lowest BCUT2D eigenvalue weighted by Gasteiger charge is -2.25. The molecule has 2 aliphatic heterocycles. The van der Waals surface area contributed by atoms with Crippen LogP contribution in [0.2, 0.25) is 0 Å². The number of hydrogen-bond acceptors (Lipinski definition) is 7. The number of ether oxygens (including phenoxy) is 1. The first-order valence-electron chi connectivity index (χ1n) is 6.98. The fourth-order valence-electron chi connectivity index (χ4n) is 2.19. The highest BCUT2D eigenvalue weighted by Gasteiger charge is 2.30. The second kappa shape index (κ2) is 7.55. The van der Waals surface area contributed by atoms with E-state index in [0.717, 1.165) is 5.06 Å². The van der Waals surface area contributed by atoms with Gasteiger partial charge in [0.2, 0.25) is 0 Å². The maximum atomic E-state index is 11.6. The molecule has 128 valence electrons. The molecule has 1 atom stereocenters. The summed E-state index contributed by atoms with van der Waals surface area (Å²) in [6.07, 6.45) is 6.88. The lowest BCUT2D eigenvalue weighted by Crippen LogP contribution is -2.48. The van der Waals surface area contributed by atoms with Crippen LogP contribution in [0.1, 0.15) is 13.3 Å². The molecule has 1 unspecified atom stereocenters. The van der Waals surface area contributed by atoms with E-state index in [1.807, 2.05) is 12.2 Å². The van der Waals surface area contributed by atoms with Gasteiger partial charge in [-0.05, 0) is 17.6 Å². The van der Waals surface area contributed by atoms with Gasteiger partial charge in [-0.2, -0.15) is 13.8 Å². The molecular weight excluding hydrogens is 328 g/mol. The molecule has 1 amide bonds. The minimum absolute atomic E-state index is 0.0638. The maximum absolute atomic E-state index is 11.6. The highest BCUT2D eigenvalue weighted by molar-refractivity contribution is 7.80. The summed E-state index contributed by atoms with van der Waals surface area (Å²) in [6, 6.07) is -0.0638. The first-order valence-corrected chi connectivity index (χ1v) is 8.35. The molecule has 2 aliphatic rings. The molecule has 0 saturated heterocycles. The highest BCUT2D eigenvalue weighted by Crippen LogP contribution is 2.14. The van der Waals surface area contributed by atoms with Gasteiger partial charge in [-0.1, -0.05) is 17.2 Å². The van der Waals surface area contributed by atoms with E-state index in [0.29, 0.717) is 18.7 Å². The normalized spacial score (nSPS) is 21.5. The number of hydroxylamine groups is 2. The summed E-state index contributed by atoms with van der Waals surface area (Å²) in [5, 5.41) is 4.12. The summed E-state index contributed by atoms with van der Waals surface area (Å²) in [6.45, 7) is 2.62. The molecule has 2 heterocycles. The van der Waals surface area contributed by atoms with Crippen molar-refractivity contribution in [2.45, 2.75) is 19.4 Å². The number of carbonyl (C=O) groups is 1. The SMILES string of the molecule is CCOC(=O)N[N+]1=CN(OS(=O)(=O)O)CC=C1C1CC=CCN1. The van der Waals surface area contributed by atoms with E-state index in [1.54, 1.807) is 13.0 Å². The smallest absolute Gasteiger partial charge is 0.443 e. The molecule has 0 aliphatic carbocycles. The fourth-order valence-corrected chi connectivity index (χ4v) is 2.54. The van der Waals surface area contributed by atoms with E-state index >= 15 is 0 Å². The minimum Gasteiger partial charge on any atom is -0.448 e. The summed E-state index contributed by atoms with van der Waals surface area (Å²) in [5.74, 6) is 0. The van der Waals surface area contributed by atoms with Crippen molar-refractivity contribution < 1.29 is 31.5 Å². The van der Waals surface area contributed by atoms with E-state index in [-0.39, 0.29) is 19.2 Å². The molecule has 3 N–H and O–H groups in total. The zero-order valence-corrected chi connectivity index (χ0v) is 13.3. The number of rotatable bonds is 5. The molecular formula is C12H19N4O6S+. The highest BCUT2D eigenvalue weighted by atomic mass is 32.3. The predicted molar refractivity (Wildman–Crippen MR) is 79.5 cm³/mol. The number of hydrazine groups is 1. The minimum atomic E-state index is -4.66. The van der Waals surface area contributed by atoms with Crippen molar-refractivity contribution in [3.63, 3.8) is 0 Å². The molecule has 0 aromatic carbocycles. The van der Waals surface area contributed by atoms with Crippen molar-refractivity contribution in [2.24, 2.45) is 0 Å². The Morgan fingerprint density at radius 1 is 1.57 bits per heavy atom. The van der Waals surface area contributed by atoms with Gasteiger partial charge in [-0.15, -0.1) is 4.68 Å². The number of nitrogens with zero attached hydrogens (tertiary/aromatic N) is 2. The number of amides is 1. The van der Waals surface area contributed by atoms with E-state index < -0.39 is 16.5 Å². The van der Waals surface area contributed by atoms with Gasteiger partial charge in [0.25, 0.3) is 6.34 Å². The molecule has 11 heteroatoms. The van der Waals surface area contributed by atoms with Crippen LogP contribution in [0.15, 0.2) is 23.9 Å². The Kier molecular flexibility index (Phi) is 5.71. The number of carbonyl (C=O) groups excluding carboxylic acids is 1. The van der Waals surface area contributed by atoms with Gasteiger partial charge in [-0.3, -0.25) is 4.55 Å². The number of hydrogen-bond donors (Lipinski definition) is 3. The van der Waals surface area contributed by atoms with E-state index in [9.17, 15) is 13.2 Å². The molecule has 0 saturated carbocycles. The molecule has 23 heavy (non-hydrogen) atoms. The molecule has 0 aromatic rings. The number of nitrogens with one attached hydrogen (secondary N) is 2. The lowest BCUT2D eigenvalue weighted by atomic mass is 10.1. The monoisotopic (exact) mass is 347 g/mol. The van der Waals surface area contributed by atoms with Crippen LogP contribution in [0, 0.1) is 0 Å². The van der Waals surface area contributed by atoms with Crippen LogP contribution < -0.4 is 10.7 Å². The fraction of sp³-hybridized carbons (Fsp3) is 0.500. The average molecular weight is 347 g/mol. The van der Waals surface area contributed by atoms with E-state index in [2.05, 4.69) is 15.0 Å². The van der Waals surface area contributed by atoms with Crippen LogP contribution in [0.3, 0.4) is 0 Å². The van der Waals surface area contributed by atoms with Crippen molar-refractivity contribution >= 4 is 22.8 Å². The van der Waals surface area contributed by atoms with Crippen molar-refractivity contribution in [1.29, 1.82) is 0 Å². The van der Waals surface area contributed by atoms with Gasteiger partial charge in [0.1, 0.15) is 12.2 Å². The Morgan fingerprint density at radius 2 is 2.35 bits per heavy atom. The summed E-state index contributed by atoms with van der Waals surface area (Å²) in [5.41, 5.74) is 3.18. The van der Waals surface area contributed by atoms with Crippen LogP contribution >= 0.6 is 0 Å². The van der Waals surface area contributed by atoms with Crippen LogP contribution in [0.5, 0.6) is 0 Å². The third-order valence-corrected chi connectivity index (χ3v) is 3.44. The third-order valence-electron chi connectivity index (χ3n) is 3.06. The molecule has 0 radical (unpaired) electrons. The van der Waals surface area contributed by atoms with Crippen molar-refractivity contribution in [1.82, 2.24) is 15.8 Å². The standard InChI is InChI=1S/C12H18N4O6S/c1-2-21-12(17)14-16-9-15(22-23(18,19)20)8-6-11(16)10-5-3-4-7-13-10/h3-4,6,9-10,13H,2,5,7-8H2,1H3,(H-,14,17,18,19,20)/p+1. The summed E-state index contributed by atoms with van der Waals surface area (Å²) in [7, 11) is -4.66. The second-order valence-electron chi connectivity index (χ2n) is 4.72. The summed E-state index contributed by atoms with van der Waals surface area (Å²) < 4.78 is 40.9. The summed E-state index contributed by atoms with van der Waals surface area (Å²) >= 11 is 0. The molecule has 0 bridgehead atoms. The molecule has 0 fully saturated rings. The van der Waals surface area contributed by atoms with Gasteiger partial charge in [0.05, 0.1) is 12.6 Å². The van der Waals surface area contributed by atoms with Gasteiger partial charge >= 0.3 is 16.5 Å². The van der Waals surface area contributed by atoms with Crippen molar-refractivity contribution in [3.05, 3.63) is 23.9 Å². The lowest BCUT2D eigenvalue weighted by molar-refractivity contribution is -0.536. The predicted octanol–water partition coefficient (Wildman–Crippen LogP) is -0.460. The zero-order valence-electron chi connectivity index (χ0n) is 12.5. The van der Waals surface area contributed by atoms with E-state index in [1.165, 1.54) is 11.0 Å². The summed E-state index contributed by atoms with van der Waals surface area (Å²) in [4.78, 5) is 11.6. The van der Waals surface area contributed by atoms with Crippen LogP contribution in [-0.2, 0) is 19.4 Å². The van der Waals surface area contributed by atoms with Gasteiger partial charge in [-0.25, -0.2) is 4.79 Å². The van der Waals surface area contributed by atoms with Crippen LogP contribution in [-0.4, -0.2) is 60.9 Å². The van der Waals surface area contributed by atoms with Crippen LogP contribution in [0.25, 0.3) is 0 Å². The van der Waals surface area contributed by atoms with Gasteiger partial charge in [0.15, 0.2) is 0 Å². The first-order chi connectivity index (χ1) is 10.9. The Bertz CT molecular complexity index is 642. The largest absolute Gasteiger partial charge is 0.448 e. The molecule has 10 nitrogen and oxygen atoms in total. The topological polar surface area (TPSA) is 120 Å². The molecule has 0 spiro atoms. The Morgan fingerprint density at radius 3 is 2.96 bits per heavy atom. The molecule has 0 aromatic heterocycles. The average Bonchev–Trinajstić information content (AvgIpc) is 2.47. The zero-order chi connectivity index (χ0) is 16.9. The quantitative estimate of drug-likeness (QED) is 0.347. The maximum Gasteiger partial charge on any atom is 0.443 e. The Labute approximate surface area is 133 Å². The van der Waals surface area contributed by atoms with E-state index in [4.69, 9.17) is 9.29 Å².